The molecule has 0 spiro atoms. The van der Waals surface area contributed by atoms with Gasteiger partial charge < -0.3 is 10.6 Å². The standard InChI is InChI=1S/C17H26F6N4O2/c18-15(19,13(28)24-11-26-7-3-1-4-8-26)17(22,23)16(20,21)14(29)25-12-27-9-5-2-6-10-27/h1-12H2,(H,24,28)(H,25,29). The molecule has 2 N–H and O–H groups in total. The Morgan fingerprint density at radius 2 is 0.931 bits per heavy atom. The van der Waals surface area contributed by atoms with Gasteiger partial charge in [-0.3, -0.25) is 19.4 Å². The van der Waals surface area contributed by atoms with Gasteiger partial charge in [-0.2, -0.15) is 26.3 Å². The van der Waals surface area contributed by atoms with E-state index in [1.54, 1.807) is 20.4 Å². The molecule has 2 fully saturated rings. The maximum Gasteiger partial charge on any atom is 0.393 e. The molecule has 0 radical (unpaired) electrons. The fourth-order valence-corrected chi connectivity index (χ4v) is 3.31. The summed E-state index contributed by atoms with van der Waals surface area (Å²) in [6.07, 6.45) is 4.82. The lowest BCUT2D eigenvalue weighted by Crippen LogP contribution is -2.66. The lowest BCUT2D eigenvalue weighted by Gasteiger charge is -2.33. The van der Waals surface area contributed by atoms with Crippen LogP contribution in [0, 0.1) is 0 Å². The van der Waals surface area contributed by atoms with E-state index >= 15 is 0 Å². The number of hydrogen-bond donors (Lipinski definition) is 2. The van der Waals surface area contributed by atoms with E-state index in [0.717, 1.165) is 38.5 Å². The third kappa shape index (κ3) is 5.33. The van der Waals surface area contributed by atoms with Crippen molar-refractivity contribution in [1.29, 1.82) is 0 Å². The summed E-state index contributed by atoms with van der Waals surface area (Å²) in [6.45, 7) is 0.956. The summed E-state index contributed by atoms with van der Waals surface area (Å²) in [5.41, 5.74) is 0. The van der Waals surface area contributed by atoms with E-state index in [1.807, 2.05) is 0 Å². The molecule has 2 heterocycles. The maximum absolute atomic E-state index is 14.0. The van der Waals surface area contributed by atoms with Gasteiger partial charge in [0.05, 0.1) is 13.3 Å². The van der Waals surface area contributed by atoms with Crippen molar-refractivity contribution in [3.05, 3.63) is 0 Å². The van der Waals surface area contributed by atoms with E-state index in [-0.39, 0.29) is 0 Å². The van der Waals surface area contributed by atoms with Gasteiger partial charge in [0.15, 0.2) is 0 Å². The Morgan fingerprint density at radius 1 is 0.621 bits per heavy atom. The topological polar surface area (TPSA) is 64.7 Å². The summed E-state index contributed by atoms with van der Waals surface area (Å²) in [7, 11) is 0. The van der Waals surface area contributed by atoms with E-state index < -0.39 is 42.9 Å². The van der Waals surface area contributed by atoms with Crippen molar-refractivity contribution in [3.63, 3.8) is 0 Å². The second kappa shape index (κ2) is 9.50. The van der Waals surface area contributed by atoms with Gasteiger partial charge in [-0.25, -0.2) is 0 Å². The SMILES string of the molecule is O=C(NCN1CCCCC1)C(F)(F)C(F)(F)C(F)(F)C(=O)NCN1CCCCC1. The molecule has 0 saturated carbocycles. The maximum atomic E-state index is 14.0. The summed E-state index contributed by atoms with van der Waals surface area (Å²) in [4.78, 5) is 26.3. The molecule has 0 aromatic rings. The Balaban J connectivity index is 1.97. The molecule has 2 aliphatic heterocycles. The second-order valence-corrected chi connectivity index (χ2v) is 7.41. The number of hydrogen-bond acceptors (Lipinski definition) is 4. The van der Waals surface area contributed by atoms with Crippen molar-refractivity contribution < 1.29 is 35.9 Å². The zero-order valence-electron chi connectivity index (χ0n) is 16.0. The summed E-state index contributed by atoms with van der Waals surface area (Å²) < 4.78 is 83.7. The highest BCUT2D eigenvalue weighted by atomic mass is 19.3. The summed E-state index contributed by atoms with van der Waals surface area (Å²) in [5, 5.41) is 3.15. The van der Waals surface area contributed by atoms with E-state index in [2.05, 4.69) is 0 Å². The van der Waals surface area contributed by atoms with Crippen LogP contribution in [-0.4, -0.2) is 78.9 Å². The first-order chi connectivity index (χ1) is 13.5. The quantitative estimate of drug-likeness (QED) is 0.576. The van der Waals surface area contributed by atoms with Gasteiger partial charge in [-0.15, -0.1) is 0 Å². The average molecular weight is 432 g/mol. The van der Waals surface area contributed by atoms with Crippen LogP contribution in [0.1, 0.15) is 38.5 Å². The van der Waals surface area contributed by atoms with Gasteiger partial charge in [0, 0.05) is 0 Å². The first-order valence-electron chi connectivity index (χ1n) is 9.65. The number of halogens is 6. The number of carbonyl (C=O) groups is 2. The Labute approximate surface area is 165 Å². The third-order valence-electron chi connectivity index (χ3n) is 5.18. The number of amides is 2. The highest BCUT2D eigenvalue weighted by Crippen LogP contribution is 2.46. The molecule has 0 aliphatic carbocycles. The van der Waals surface area contributed by atoms with Gasteiger partial charge >= 0.3 is 17.8 Å². The van der Waals surface area contributed by atoms with Crippen LogP contribution in [0.5, 0.6) is 0 Å². The smallest absolute Gasteiger partial charge is 0.338 e. The summed E-state index contributed by atoms with van der Waals surface area (Å²) >= 11 is 0. The van der Waals surface area contributed by atoms with E-state index in [0.29, 0.717) is 26.2 Å². The molecular formula is C17H26F6N4O2. The molecule has 2 saturated heterocycles. The minimum atomic E-state index is -6.20. The van der Waals surface area contributed by atoms with Crippen LogP contribution in [0.25, 0.3) is 0 Å². The Hall–Kier alpha value is -1.56. The highest BCUT2D eigenvalue weighted by Gasteiger charge is 2.77. The average Bonchev–Trinajstić information content (AvgIpc) is 2.71. The Morgan fingerprint density at radius 3 is 1.24 bits per heavy atom. The number of carbonyl (C=O) groups excluding carboxylic acids is 2. The molecule has 168 valence electrons. The van der Waals surface area contributed by atoms with Gasteiger partial charge in [0.1, 0.15) is 0 Å². The lowest BCUT2D eigenvalue weighted by molar-refractivity contribution is -0.287. The number of piperidine rings is 2. The molecule has 2 rings (SSSR count). The van der Waals surface area contributed by atoms with Crippen molar-refractivity contribution in [2.45, 2.75) is 56.3 Å². The first-order valence-corrected chi connectivity index (χ1v) is 9.65. The number of alkyl halides is 6. The largest absolute Gasteiger partial charge is 0.393 e. The molecule has 29 heavy (non-hydrogen) atoms. The summed E-state index contributed by atoms with van der Waals surface area (Å²) in [6, 6.07) is 0. The van der Waals surface area contributed by atoms with Gasteiger partial charge in [-0.1, -0.05) is 12.8 Å². The van der Waals surface area contributed by atoms with Crippen LogP contribution in [0.3, 0.4) is 0 Å². The zero-order chi connectivity index (χ0) is 21.7. The van der Waals surface area contributed by atoms with Crippen LogP contribution in [-0.2, 0) is 9.59 Å². The van der Waals surface area contributed by atoms with Crippen LogP contribution >= 0.6 is 0 Å². The van der Waals surface area contributed by atoms with Crippen LogP contribution < -0.4 is 10.6 Å². The number of nitrogens with zero attached hydrogens (tertiary/aromatic N) is 2. The Bertz CT molecular complexity index is 530. The van der Waals surface area contributed by atoms with E-state index in [9.17, 15) is 35.9 Å². The van der Waals surface area contributed by atoms with Crippen LogP contribution in [0.2, 0.25) is 0 Å². The van der Waals surface area contributed by atoms with Gasteiger partial charge in [-0.05, 0) is 51.9 Å². The minimum absolute atomic E-state index is 0.461. The molecule has 0 aromatic carbocycles. The van der Waals surface area contributed by atoms with Crippen molar-refractivity contribution in [2.75, 3.05) is 39.5 Å². The van der Waals surface area contributed by atoms with Crippen LogP contribution in [0.4, 0.5) is 26.3 Å². The van der Waals surface area contributed by atoms with Gasteiger partial charge in [0.2, 0.25) is 0 Å². The number of nitrogens with one attached hydrogen (secondary N) is 2. The van der Waals surface area contributed by atoms with Gasteiger partial charge in [0.25, 0.3) is 11.8 Å². The molecule has 2 aliphatic rings. The van der Waals surface area contributed by atoms with Crippen molar-refractivity contribution in [3.8, 4) is 0 Å². The second-order valence-electron chi connectivity index (χ2n) is 7.41. The summed E-state index contributed by atoms with van der Waals surface area (Å²) in [5.74, 6) is -22.8. The molecular weight excluding hydrogens is 406 g/mol. The normalized spacial score (nSPS) is 20.3. The monoisotopic (exact) mass is 432 g/mol. The molecule has 0 atom stereocenters. The Kier molecular flexibility index (Phi) is 7.77. The molecule has 0 unspecified atom stereocenters. The number of likely N-dealkylation sites (tertiary alicyclic amines) is 2. The lowest BCUT2D eigenvalue weighted by atomic mass is 10.0. The molecule has 0 bridgehead atoms. The third-order valence-corrected chi connectivity index (χ3v) is 5.18. The fourth-order valence-electron chi connectivity index (χ4n) is 3.31. The van der Waals surface area contributed by atoms with E-state index in [1.165, 1.54) is 0 Å². The predicted molar refractivity (Wildman–Crippen MR) is 91.7 cm³/mol. The zero-order valence-corrected chi connectivity index (χ0v) is 16.0. The molecule has 0 aromatic heterocycles. The highest BCUT2D eigenvalue weighted by molar-refractivity contribution is 5.89. The predicted octanol–water partition coefficient (Wildman–Crippen LogP) is 2.01. The van der Waals surface area contributed by atoms with Crippen molar-refractivity contribution >= 4 is 11.8 Å². The van der Waals surface area contributed by atoms with Crippen molar-refractivity contribution in [2.24, 2.45) is 0 Å². The first kappa shape index (κ1) is 23.7. The molecule has 6 nitrogen and oxygen atoms in total. The number of rotatable bonds is 8. The molecule has 12 heteroatoms. The van der Waals surface area contributed by atoms with Crippen molar-refractivity contribution in [1.82, 2.24) is 20.4 Å². The molecule has 2 amide bonds. The van der Waals surface area contributed by atoms with E-state index in [4.69, 9.17) is 0 Å². The van der Waals surface area contributed by atoms with Crippen LogP contribution in [0.15, 0.2) is 0 Å². The minimum Gasteiger partial charge on any atom is -0.338 e. The fraction of sp³-hybridized carbons (Fsp3) is 0.882.